The van der Waals surface area contributed by atoms with E-state index in [1.54, 1.807) is 6.07 Å². The van der Waals surface area contributed by atoms with Gasteiger partial charge in [0.15, 0.2) is 0 Å². The van der Waals surface area contributed by atoms with Crippen LogP contribution in [0.15, 0.2) is 24.3 Å². The van der Waals surface area contributed by atoms with Crippen molar-refractivity contribution in [2.45, 2.75) is 45.1 Å². The first-order valence-corrected chi connectivity index (χ1v) is 9.89. The van der Waals surface area contributed by atoms with E-state index in [-0.39, 0.29) is 30.4 Å². The summed E-state index contributed by atoms with van der Waals surface area (Å²) >= 11 is 0. The molecule has 0 bridgehead atoms. The highest BCUT2D eigenvalue weighted by Gasteiger charge is 2.21. The molecule has 1 aliphatic rings. The number of likely N-dealkylation sites (N-methyl/N-ethyl adjacent to an activating group) is 1. The lowest BCUT2D eigenvalue weighted by Crippen LogP contribution is -2.44. The number of benzene rings is 1. The molecule has 3 rings (SSSR count). The number of rotatable bonds is 7. The molecule has 0 saturated carbocycles. The lowest BCUT2D eigenvalue weighted by molar-refractivity contribution is 0.447. The van der Waals surface area contributed by atoms with Gasteiger partial charge in [0.2, 0.25) is 5.95 Å². The first-order valence-electron chi connectivity index (χ1n) is 9.89. The normalized spacial score (nSPS) is 15.5. The fraction of sp³-hybridized carbons (Fsp3) is 0.476. The topological polar surface area (TPSA) is 76.9 Å². The summed E-state index contributed by atoms with van der Waals surface area (Å²) in [6.07, 6.45) is 5.32. The molecule has 1 aliphatic heterocycles. The lowest BCUT2D eigenvalue weighted by Gasteiger charge is -2.33. The minimum absolute atomic E-state index is 0. The van der Waals surface area contributed by atoms with E-state index in [4.69, 9.17) is 10.2 Å². The molecule has 1 unspecified atom stereocenters. The van der Waals surface area contributed by atoms with Crippen molar-refractivity contribution < 1.29 is 4.39 Å². The van der Waals surface area contributed by atoms with Crippen molar-refractivity contribution >= 4 is 42.3 Å². The molecule has 6 nitrogen and oxygen atoms in total. The van der Waals surface area contributed by atoms with Gasteiger partial charge in [-0.2, -0.15) is 10.2 Å². The predicted octanol–water partition coefficient (Wildman–Crippen LogP) is 4.61. The molecular formula is C21H29Cl2FN6. The Balaban J connectivity index is 0.00000225. The van der Waals surface area contributed by atoms with E-state index in [2.05, 4.69) is 33.5 Å². The number of nitrogens with one attached hydrogen (secondary N) is 2. The Morgan fingerprint density at radius 3 is 2.77 bits per heavy atom. The van der Waals surface area contributed by atoms with E-state index in [9.17, 15) is 4.39 Å². The van der Waals surface area contributed by atoms with E-state index in [1.165, 1.54) is 18.6 Å². The molecular weight excluding hydrogens is 426 g/mol. The van der Waals surface area contributed by atoms with Crippen LogP contribution >= 0.6 is 24.8 Å². The molecule has 1 aromatic heterocycles. The van der Waals surface area contributed by atoms with Gasteiger partial charge in [-0.3, -0.25) is 0 Å². The maximum Gasteiger partial charge on any atom is 0.229 e. The van der Waals surface area contributed by atoms with Crippen LogP contribution in [-0.2, 0) is 6.42 Å². The second-order valence-electron chi connectivity index (χ2n) is 7.15. The van der Waals surface area contributed by atoms with Crippen LogP contribution in [-0.4, -0.2) is 36.1 Å². The third kappa shape index (κ3) is 6.69. The number of unbranched alkanes of at least 4 members (excludes halogenated alkanes) is 1. The molecule has 1 saturated heterocycles. The van der Waals surface area contributed by atoms with Crippen molar-refractivity contribution in [3.05, 3.63) is 41.3 Å². The number of halogens is 3. The Morgan fingerprint density at radius 2 is 2.07 bits per heavy atom. The number of nitriles is 1. The summed E-state index contributed by atoms with van der Waals surface area (Å²) < 4.78 is 13.6. The number of anilines is 3. The zero-order valence-electron chi connectivity index (χ0n) is 17.3. The Bertz CT molecular complexity index is 858. The van der Waals surface area contributed by atoms with Crippen LogP contribution in [0, 0.1) is 17.1 Å². The van der Waals surface area contributed by atoms with Gasteiger partial charge < -0.3 is 15.5 Å². The van der Waals surface area contributed by atoms with Crippen LogP contribution in [0.3, 0.4) is 0 Å². The van der Waals surface area contributed by atoms with Gasteiger partial charge in [0, 0.05) is 36.6 Å². The van der Waals surface area contributed by atoms with E-state index in [0.29, 0.717) is 17.7 Å². The van der Waals surface area contributed by atoms with Crippen LogP contribution < -0.4 is 15.5 Å². The van der Waals surface area contributed by atoms with E-state index in [1.807, 2.05) is 13.1 Å². The maximum absolute atomic E-state index is 13.6. The van der Waals surface area contributed by atoms with Gasteiger partial charge in [-0.1, -0.05) is 13.3 Å². The SMILES string of the molecule is CCCCc1cc(N2CCCC(NC)C2)nc(Nc2ccc(F)c(C#N)c2)n1.Cl.Cl. The zero-order valence-corrected chi connectivity index (χ0v) is 19.0. The summed E-state index contributed by atoms with van der Waals surface area (Å²) in [4.78, 5) is 11.6. The highest BCUT2D eigenvalue weighted by Crippen LogP contribution is 2.23. The number of hydrogen-bond donors (Lipinski definition) is 2. The van der Waals surface area contributed by atoms with Crippen LogP contribution in [0.25, 0.3) is 0 Å². The lowest BCUT2D eigenvalue weighted by atomic mass is 10.1. The first-order chi connectivity index (χ1) is 13.6. The maximum atomic E-state index is 13.6. The molecule has 9 heteroatoms. The summed E-state index contributed by atoms with van der Waals surface area (Å²) in [5.74, 6) is 0.856. The highest BCUT2D eigenvalue weighted by atomic mass is 35.5. The minimum atomic E-state index is -0.530. The smallest absolute Gasteiger partial charge is 0.229 e. The highest BCUT2D eigenvalue weighted by molar-refractivity contribution is 5.85. The van der Waals surface area contributed by atoms with Crippen LogP contribution in [0.2, 0.25) is 0 Å². The number of hydrogen-bond acceptors (Lipinski definition) is 6. The quantitative estimate of drug-likeness (QED) is 0.635. The standard InChI is InChI=1S/C21H27FN6.2ClH/c1-3-4-6-16-12-20(28-10-5-7-18(14-28)24-2)27-21(25-16)26-17-8-9-19(22)15(11-17)13-23;;/h8-9,11-12,18,24H,3-7,10,14H2,1-2H3,(H,25,26,27);2*1H. The molecule has 0 amide bonds. The van der Waals surface area contributed by atoms with Gasteiger partial charge in [0.1, 0.15) is 17.7 Å². The Kier molecular flexibility index (Phi) is 10.8. The summed E-state index contributed by atoms with van der Waals surface area (Å²) in [7, 11) is 2.00. The number of aromatic nitrogens is 2. The van der Waals surface area contributed by atoms with E-state index < -0.39 is 5.82 Å². The molecule has 30 heavy (non-hydrogen) atoms. The van der Waals surface area contributed by atoms with Crippen LogP contribution in [0.5, 0.6) is 0 Å². The third-order valence-corrected chi connectivity index (χ3v) is 5.05. The van der Waals surface area contributed by atoms with Gasteiger partial charge in [-0.15, -0.1) is 24.8 Å². The summed E-state index contributed by atoms with van der Waals surface area (Å²) in [5.41, 5.74) is 1.59. The molecule has 2 heterocycles. The van der Waals surface area contributed by atoms with Crippen molar-refractivity contribution in [1.29, 1.82) is 5.26 Å². The van der Waals surface area contributed by atoms with Gasteiger partial charge >= 0.3 is 0 Å². The monoisotopic (exact) mass is 454 g/mol. The fourth-order valence-electron chi connectivity index (χ4n) is 3.43. The van der Waals surface area contributed by atoms with Crippen molar-refractivity contribution in [2.75, 3.05) is 30.4 Å². The average molecular weight is 455 g/mol. The molecule has 1 aromatic carbocycles. The molecule has 0 spiro atoms. The van der Waals surface area contributed by atoms with Crippen molar-refractivity contribution in [3.8, 4) is 6.07 Å². The second kappa shape index (κ2) is 12.5. The zero-order chi connectivity index (χ0) is 19.9. The summed E-state index contributed by atoms with van der Waals surface area (Å²) in [6.45, 7) is 4.04. The van der Waals surface area contributed by atoms with Crippen molar-refractivity contribution in [2.24, 2.45) is 0 Å². The van der Waals surface area contributed by atoms with Gasteiger partial charge in [-0.05, 0) is 50.9 Å². The molecule has 0 aliphatic carbocycles. The Labute approximate surface area is 190 Å². The minimum Gasteiger partial charge on any atom is -0.355 e. The molecule has 2 aromatic rings. The Hall–Kier alpha value is -2.14. The second-order valence-corrected chi connectivity index (χ2v) is 7.15. The summed E-state index contributed by atoms with van der Waals surface area (Å²) in [5, 5.41) is 15.6. The molecule has 0 radical (unpaired) electrons. The van der Waals surface area contributed by atoms with Gasteiger partial charge in [-0.25, -0.2) is 9.37 Å². The fourth-order valence-corrected chi connectivity index (χ4v) is 3.43. The van der Waals surface area contributed by atoms with Gasteiger partial charge in [0.05, 0.1) is 5.56 Å². The summed E-state index contributed by atoms with van der Waals surface area (Å²) in [6, 6.07) is 8.75. The van der Waals surface area contributed by atoms with Crippen molar-refractivity contribution in [1.82, 2.24) is 15.3 Å². The first kappa shape index (κ1) is 25.9. The van der Waals surface area contributed by atoms with Crippen molar-refractivity contribution in [3.63, 3.8) is 0 Å². The molecule has 1 fully saturated rings. The van der Waals surface area contributed by atoms with E-state index >= 15 is 0 Å². The largest absolute Gasteiger partial charge is 0.355 e. The third-order valence-electron chi connectivity index (χ3n) is 5.05. The van der Waals surface area contributed by atoms with Crippen LogP contribution in [0.4, 0.5) is 21.8 Å². The number of piperidine rings is 1. The predicted molar refractivity (Wildman–Crippen MR) is 124 cm³/mol. The molecule has 164 valence electrons. The Morgan fingerprint density at radius 1 is 1.27 bits per heavy atom. The van der Waals surface area contributed by atoms with E-state index in [0.717, 1.165) is 50.3 Å². The number of aryl methyl sites for hydroxylation is 1. The number of nitrogens with zero attached hydrogens (tertiary/aromatic N) is 4. The van der Waals surface area contributed by atoms with Gasteiger partial charge in [0.25, 0.3) is 0 Å². The average Bonchev–Trinajstić information content (AvgIpc) is 2.73. The van der Waals surface area contributed by atoms with Crippen LogP contribution in [0.1, 0.15) is 43.9 Å². The molecule has 2 N–H and O–H groups in total. The molecule has 1 atom stereocenters.